The minimum absolute atomic E-state index is 0.0729. The molecule has 0 aromatic carbocycles. The van der Waals surface area contributed by atoms with Gasteiger partial charge < -0.3 is 4.11 Å². The predicted octanol–water partition coefficient (Wildman–Crippen LogP) is 3.74. The fourth-order valence-corrected chi connectivity index (χ4v) is 3.93. The summed E-state index contributed by atoms with van der Waals surface area (Å²) < 4.78 is 13.9. The number of halogens is 1. The van der Waals surface area contributed by atoms with Gasteiger partial charge in [0, 0.05) is 0 Å². The van der Waals surface area contributed by atoms with E-state index in [9.17, 15) is 4.11 Å². The molecule has 62 valence electrons. The van der Waals surface area contributed by atoms with Gasteiger partial charge >= 0.3 is 0 Å². The molecule has 0 atom stereocenters. The van der Waals surface area contributed by atoms with Crippen LogP contribution in [0.15, 0.2) is 0 Å². The van der Waals surface area contributed by atoms with Crippen LogP contribution in [0, 0.1) is 0 Å². The third-order valence-electron chi connectivity index (χ3n) is 2.46. The SMILES string of the molecule is CC[Si](F)(CC)C(C)(C)C. The first-order valence-corrected chi connectivity index (χ1v) is 6.35. The van der Waals surface area contributed by atoms with Crippen LogP contribution in [0.5, 0.6) is 0 Å². The first kappa shape index (κ1) is 10.1. The zero-order valence-corrected chi connectivity index (χ0v) is 8.79. The van der Waals surface area contributed by atoms with E-state index in [1.165, 1.54) is 0 Å². The van der Waals surface area contributed by atoms with Crippen molar-refractivity contribution >= 4 is 8.41 Å². The lowest BCUT2D eigenvalue weighted by atomic mass is 10.2. The third-order valence-corrected chi connectivity index (χ3v) is 7.39. The fourth-order valence-electron chi connectivity index (χ4n) is 1.31. The minimum atomic E-state index is -2.40. The molecule has 0 saturated carbocycles. The van der Waals surface area contributed by atoms with Crippen molar-refractivity contribution in [2.24, 2.45) is 0 Å². The van der Waals surface area contributed by atoms with Crippen molar-refractivity contribution < 1.29 is 4.11 Å². The average molecular weight is 162 g/mol. The highest BCUT2D eigenvalue weighted by Gasteiger charge is 2.42. The zero-order chi connectivity index (χ0) is 8.41. The van der Waals surface area contributed by atoms with E-state index in [2.05, 4.69) is 0 Å². The van der Waals surface area contributed by atoms with Crippen molar-refractivity contribution in [1.29, 1.82) is 0 Å². The van der Waals surface area contributed by atoms with E-state index in [0.717, 1.165) is 12.1 Å². The molecule has 0 nitrogen and oxygen atoms in total. The van der Waals surface area contributed by atoms with E-state index < -0.39 is 8.41 Å². The van der Waals surface area contributed by atoms with E-state index in [4.69, 9.17) is 0 Å². The maximum absolute atomic E-state index is 13.9. The van der Waals surface area contributed by atoms with E-state index in [0.29, 0.717) is 0 Å². The summed E-state index contributed by atoms with van der Waals surface area (Å²) in [5.41, 5.74) is 0. The van der Waals surface area contributed by atoms with Gasteiger partial charge in [-0.1, -0.05) is 34.6 Å². The zero-order valence-electron chi connectivity index (χ0n) is 7.79. The summed E-state index contributed by atoms with van der Waals surface area (Å²) in [5, 5.41) is -0.0729. The molecule has 0 aliphatic heterocycles. The summed E-state index contributed by atoms with van der Waals surface area (Å²) in [7, 11) is -2.40. The molecule has 0 heterocycles. The highest BCUT2D eigenvalue weighted by molar-refractivity contribution is 6.75. The normalized spacial score (nSPS) is 13.8. The van der Waals surface area contributed by atoms with Gasteiger partial charge in [0.05, 0.1) is 0 Å². The van der Waals surface area contributed by atoms with Gasteiger partial charge in [-0.3, -0.25) is 0 Å². The molecular formula is C8H19FSi. The van der Waals surface area contributed by atoms with E-state index in [1.807, 2.05) is 34.6 Å². The molecule has 0 saturated heterocycles. The molecule has 0 rings (SSSR count). The van der Waals surface area contributed by atoms with Crippen LogP contribution in [0.2, 0.25) is 17.1 Å². The van der Waals surface area contributed by atoms with Gasteiger partial charge in [0.1, 0.15) is 0 Å². The standard InChI is InChI=1S/C8H19FSi/c1-6-10(9,7-2)8(3,4)5/h6-7H2,1-5H3. The van der Waals surface area contributed by atoms with Crippen LogP contribution in [-0.4, -0.2) is 8.41 Å². The second-order valence-electron chi connectivity index (χ2n) is 3.92. The summed E-state index contributed by atoms with van der Waals surface area (Å²) in [6, 6.07) is 1.51. The monoisotopic (exact) mass is 162 g/mol. The van der Waals surface area contributed by atoms with Crippen molar-refractivity contribution in [3.05, 3.63) is 0 Å². The van der Waals surface area contributed by atoms with Crippen LogP contribution in [0.4, 0.5) is 4.11 Å². The molecule has 0 amide bonds. The van der Waals surface area contributed by atoms with Gasteiger partial charge in [0.15, 0.2) is 0 Å². The van der Waals surface area contributed by atoms with Gasteiger partial charge in [-0.15, -0.1) is 0 Å². The highest BCUT2D eigenvalue weighted by Crippen LogP contribution is 2.41. The Kier molecular flexibility index (Phi) is 3.08. The topological polar surface area (TPSA) is 0 Å². The van der Waals surface area contributed by atoms with Crippen LogP contribution < -0.4 is 0 Å². The molecule has 0 aromatic rings. The third kappa shape index (κ3) is 1.81. The Bertz CT molecular complexity index is 100. The fraction of sp³-hybridized carbons (Fsp3) is 1.00. The van der Waals surface area contributed by atoms with Crippen molar-refractivity contribution in [2.75, 3.05) is 0 Å². The van der Waals surface area contributed by atoms with Gasteiger partial charge in [-0.2, -0.15) is 0 Å². The number of rotatable bonds is 2. The molecule has 0 radical (unpaired) electrons. The van der Waals surface area contributed by atoms with Gasteiger partial charge in [0.25, 0.3) is 8.41 Å². The lowest BCUT2D eigenvalue weighted by Gasteiger charge is -2.33. The first-order valence-electron chi connectivity index (χ1n) is 4.06. The maximum Gasteiger partial charge on any atom is 0.251 e. The molecular weight excluding hydrogens is 143 g/mol. The maximum atomic E-state index is 13.9. The predicted molar refractivity (Wildman–Crippen MR) is 47.5 cm³/mol. The lowest BCUT2D eigenvalue weighted by Crippen LogP contribution is -2.37. The Balaban J connectivity index is 4.33. The Morgan fingerprint density at radius 1 is 1.10 bits per heavy atom. The van der Waals surface area contributed by atoms with Gasteiger partial charge in [-0.05, 0) is 17.1 Å². The van der Waals surface area contributed by atoms with Gasteiger partial charge in [0.2, 0.25) is 0 Å². The smallest absolute Gasteiger partial charge is 0.251 e. The first-order chi connectivity index (χ1) is 4.37. The van der Waals surface area contributed by atoms with Crippen molar-refractivity contribution in [2.45, 2.75) is 51.7 Å². The summed E-state index contributed by atoms with van der Waals surface area (Å²) in [5.74, 6) is 0. The Morgan fingerprint density at radius 2 is 1.40 bits per heavy atom. The largest absolute Gasteiger partial charge is 0.313 e. The highest BCUT2D eigenvalue weighted by atomic mass is 28.4. The van der Waals surface area contributed by atoms with Crippen LogP contribution in [0.3, 0.4) is 0 Å². The van der Waals surface area contributed by atoms with E-state index >= 15 is 0 Å². The van der Waals surface area contributed by atoms with Crippen LogP contribution in [-0.2, 0) is 0 Å². The summed E-state index contributed by atoms with van der Waals surface area (Å²) in [6.45, 7) is 10.0. The molecule has 0 bridgehead atoms. The van der Waals surface area contributed by atoms with Crippen molar-refractivity contribution in [3.8, 4) is 0 Å². The quantitative estimate of drug-likeness (QED) is 0.428. The van der Waals surface area contributed by atoms with Crippen LogP contribution in [0.25, 0.3) is 0 Å². The number of hydrogen-bond donors (Lipinski definition) is 0. The molecule has 0 fully saturated rings. The average Bonchev–Trinajstić information content (AvgIpc) is 1.84. The second-order valence-corrected chi connectivity index (χ2v) is 8.77. The minimum Gasteiger partial charge on any atom is -0.313 e. The molecule has 0 spiro atoms. The van der Waals surface area contributed by atoms with Crippen LogP contribution >= 0.6 is 0 Å². The summed E-state index contributed by atoms with van der Waals surface area (Å²) >= 11 is 0. The van der Waals surface area contributed by atoms with Crippen LogP contribution in [0.1, 0.15) is 34.6 Å². The van der Waals surface area contributed by atoms with E-state index in [-0.39, 0.29) is 5.04 Å². The molecule has 2 heteroatoms. The Hall–Kier alpha value is 0.147. The van der Waals surface area contributed by atoms with E-state index in [1.54, 1.807) is 0 Å². The molecule has 0 unspecified atom stereocenters. The number of hydrogen-bond acceptors (Lipinski definition) is 0. The molecule has 0 aromatic heterocycles. The lowest BCUT2D eigenvalue weighted by molar-refractivity contribution is 0.599. The van der Waals surface area contributed by atoms with Crippen molar-refractivity contribution in [3.63, 3.8) is 0 Å². The molecule has 0 N–H and O–H groups in total. The Morgan fingerprint density at radius 3 is 1.40 bits per heavy atom. The molecule has 0 aliphatic carbocycles. The van der Waals surface area contributed by atoms with Gasteiger partial charge in [-0.25, -0.2) is 0 Å². The van der Waals surface area contributed by atoms with Crippen molar-refractivity contribution in [1.82, 2.24) is 0 Å². The second kappa shape index (κ2) is 3.03. The molecule has 10 heavy (non-hydrogen) atoms. The Labute approximate surface area is 65.0 Å². The summed E-state index contributed by atoms with van der Waals surface area (Å²) in [4.78, 5) is 0. The molecule has 0 aliphatic rings. The summed E-state index contributed by atoms with van der Waals surface area (Å²) in [6.07, 6.45) is 0.